The molecule has 1 heterocycles. The number of amides is 1. The van der Waals surface area contributed by atoms with Crippen molar-refractivity contribution in [2.24, 2.45) is 0 Å². The normalized spacial score (nSPS) is 26.2. The second kappa shape index (κ2) is 7.62. The Morgan fingerprint density at radius 3 is 2.56 bits per heavy atom. The molecular weight excluding hydrogens is 334 g/mol. The van der Waals surface area contributed by atoms with Crippen molar-refractivity contribution in [2.45, 2.75) is 56.9 Å². The molecule has 1 aliphatic carbocycles. The average molecular weight is 355 g/mol. The van der Waals surface area contributed by atoms with Gasteiger partial charge in [-0.1, -0.05) is 0 Å². The van der Waals surface area contributed by atoms with Gasteiger partial charge >= 0.3 is 11.7 Å². The predicted molar refractivity (Wildman–Crippen MR) is 85.1 cm³/mol. The number of nitrogens with zero attached hydrogens (tertiary/aromatic N) is 1. The molecule has 2 rings (SSSR count). The minimum Gasteiger partial charge on any atom is -0.481 e. The summed E-state index contributed by atoms with van der Waals surface area (Å²) < 4.78 is 1.17. The molecule has 0 spiro atoms. The maximum atomic E-state index is 11.9. The molecular formula is C15H21N3O7. The van der Waals surface area contributed by atoms with Crippen molar-refractivity contribution in [3.05, 3.63) is 32.6 Å². The van der Waals surface area contributed by atoms with Gasteiger partial charge in [0.25, 0.3) is 5.56 Å². The molecule has 138 valence electrons. The van der Waals surface area contributed by atoms with Gasteiger partial charge in [0.15, 0.2) is 0 Å². The predicted octanol–water partition coefficient (Wildman–Crippen LogP) is -1.75. The Labute approximate surface area is 142 Å². The lowest BCUT2D eigenvalue weighted by molar-refractivity contribution is -0.139. The molecule has 1 fully saturated rings. The van der Waals surface area contributed by atoms with Gasteiger partial charge in [-0.15, -0.1) is 0 Å². The topological polar surface area (TPSA) is 162 Å². The molecule has 25 heavy (non-hydrogen) atoms. The number of H-pyrrole nitrogens is 1. The van der Waals surface area contributed by atoms with Crippen LogP contribution in [0.2, 0.25) is 0 Å². The van der Waals surface area contributed by atoms with Gasteiger partial charge in [0.1, 0.15) is 12.2 Å². The number of carboxylic acids is 1. The van der Waals surface area contributed by atoms with Gasteiger partial charge in [0.2, 0.25) is 5.91 Å². The summed E-state index contributed by atoms with van der Waals surface area (Å²) in [6.45, 7) is 1.52. The molecule has 1 aliphatic rings. The molecule has 1 aromatic heterocycles. The molecule has 0 unspecified atom stereocenters. The Bertz CT molecular complexity index is 769. The minimum atomic E-state index is -1.33. The van der Waals surface area contributed by atoms with Gasteiger partial charge in [0, 0.05) is 18.2 Å². The van der Waals surface area contributed by atoms with Crippen LogP contribution in [-0.4, -0.2) is 55.0 Å². The number of aliphatic carboxylic acids is 1. The van der Waals surface area contributed by atoms with E-state index in [9.17, 15) is 29.4 Å². The molecule has 0 aromatic carbocycles. The third-order valence-corrected chi connectivity index (χ3v) is 4.35. The van der Waals surface area contributed by atoms with E-state index in [2.05, 4.69) is 10.3 Å². The number of aromatic amines is 1. The van der Waals surface area contributed by atoms with Crippen LogP contribution in [0.25, 0.3) is 0 Å². The van der Waals surface area contributed by atoms with Crippen LogP contribution in [0.4, 0.5) is 0 Å². The van der Waals surface area contributed by atoms with Crippen LogP contribution in [0.1, 0.15) is 37.3 Å². The van der Waals surface area contributed by atoms with E-state index in [4.69, 9.17) is 5.11 Å². The van der Waals surface area contributed by atoms with Crippen molar-refractivity contribution >= 4 is 11.9 Å². The van der Waals surface area contributed by atoms with Crippen LogP contribution in [0.15, 0.2) is 15.8 Å². The third kappa shape index (κ3) is 4.34. The number of carbonyl (C=O) groups excluding carboxylic acids is 1. The number of aliphatic hydroxyl groups is 2. The summed E-state index contributed by atoms with van der Waals surface area (Å²) in [5.41, 5.74) is -0.906. The lowest BCUT2D eigenvalue weighted by Gasteiger charge is -2.38. The lowest BCUT2D eigenvalue weighted by atomic mass is 9.85. The summed E-state index contributed by atoms with van der Waals surface area (Å²) in [6, 6.07) is -1.49. The number of aromatic nitrogens is 2. The van der Waals surface area contributed by atoms with Crippen LogP contribution in [-0.2, 0) is 9.59 Å². The second-order valence-electron chi connectivity index (χ2n) is 6.17. The first kappa shape index (κ1) is 18.9. The molecule has 10 heteroatoms. The lowest BCUT2D eigenvalue weighted by Crippen LogP contribution is -2.55. The average Bonchev–Trinajstić information content (AvgIpc) is 2.54. The molecule has 5 N–H and O–H groups in total. The molecule has 0 radical (unpaired) electrons. The van der Waals surface area contributed by atoms with Crippen LogP contribution in [0.3, 0.4) is 0 Å². The highest BCUT2D eigenvalue weighted by molar-refractivity contribution is 5.80. The van der Waals surface area contributed by atoms with E-state index in [-0.39, 0.29) is 25.7 Å². The first-order valence-electron chi connectivity index (χ1n) is 7.90. The summed E-state index contributed by atoms with van der Waals surface area (Å²) in [5.74, 6) is -1.64. The molecule has 10 nitrogen and oxygen atoms in total. The standard InChI is InChI=1S/C15H21N3O7/c1-7-6-18(15(25)17-14(7)24)9-3-2-8(12(22)13(9)23)16-10(19)4-5-11(20)21/h6,8-9,12-13,22-23H,2-5H2,1H3,(H,16,19)(H,20,21)(H,17,24,25)/t8-,9-,12-,13+/m1/s1. The highest BCUT2D eigenvalue weighted by Crippen LogP contribution is 2.28. The summed E-state index contributed by atoms with van der Waals surface area (Å²) in [5, 5.41) is 31.6. The van der Waals surface area contributed by atoms with Gasteiger partial charge in [-0.2, -0.15) is 0 Å². The fourth-order valence-corrected chi connectivity index (χ4v) is 2.95. The molecule has 0 saturated heterocycles. The Kier molecular flexibility index (Phi) is 5.75. The zero-order valence-corrected chi connectivity index (χ0v) is 13.6. The largest absolute Gasteiger partial charge is 0.481 e. The number of aryl methyl sites for hydroxylation is 1. The fraction of sp³-hybridized carbons (Fsp3) is 0.600. The quantitative estimate of drug-likeness (QED) is 0.418. The molecule has 1 saturated carbocycles. The van der Waals surface area contributed by atoms with E-state index < -0.39 is 47.4 Å². The van der Waals surface area contributed by atoms with Crippen molar-refractivity contribution < 1.29 is 24.9 Å². The highest BCUT2D eigenvalue weighted by Gasteiger charge is 2.39. The van der Waals surface area contributed by atoms with Gasteiger partial charge < -0.3 is 20.6 Å². The Morgan fingerprint density at radius 2 is 1.92 bits per heavy atom. The minimum absolute atomic E-state index is 0.226. The zero-order chi connectivity index (χ0) is 18.7. The van der Waals surface area contributed by atoms with Gasteiger partial charge in [0.05, 0.1) is 18.5 Å². The number of hydrogen-bond donors (Lipinski definition) is 5. The number of rotatable bonds is 5. The molecule has 0 bridgehead atoms. The Hall–Kier alpha value is -2.46. The fourth-order valence-electron chi connectivity index (χ4n) is 2.95. The first-order valence-corrected chi connectivity index (χ1v) is 7.90. The van der Waals surface area contributed by atoms with Crippen molar-refractivity contribution in [1.29, 1.82) is 0 Å². The van der Waals surface area contributed by atoms with Crippen molar-refractivity contribution in [2.75, 3.05) is 0 Å². The first-order chi connectivity index (χ1) is 11.7. The summed E-state index contributed by atoms with van der Waals surface area (Å²) in [6.07, 6.45) is -1.32. The van der Waals surface area contributed by atoms with E-state index in [0.717, 1.165) is 0 Å². The van der Waals surface area contributed by atoms with Crippen LogP contribution in [0, 0.1) is 6.92 Å². The molecule has 1 aromatic rings. The van der Waals surface area contributed by atoms with E-state index in [1.165, 1.54) is 17.7 Å². The zero-order valence-electron chi connectivity index (χ0n) is 13.6. The summed E-state index contributed by atoms with van der Waals surface area (Å²) in [4.78, 5) is 47.7. The second-order valence-corrected chi connectivity index (χ2v) is 6.17. The van der Waals surface area contributed by atoms with E-state index in [1.807, 2.05) is 0 Å². The van der Waals surface area contributed by atoms with Crippen molar-refractivity contribution in [3.63, 3.8) is 0 Å². The highest BCUT2D eigenvalue weighted by atomic mass is 16.4. The number of carboxylic acid groups (broad SMARTS) is 1. The van der Waals surface area contributed by atoms with Gasteiger partial charge in [-0.25, -0.2) is 4.79 Å². The number of hydrogen-bond acceptors (Lipinski definition) is 6. The summed E-state index contributed by atoms with van der Waals surface area (Å²) in [7, 11) is 0. The van der Waals surface area contributed by atoms with E-state index in [1.54, 1.807) is 0 Å². The van der Waals surface area contributed by atoms with Crippen LogP contribution >= 0.6 is 0 Å². The summed E-state index contributed by atoms with van der Waals surface area (Å²) >= 11 is 0. The maximum absolute atomic E-state index is 11.9. The van der Waals surface area contributed by atoms with E-state index >= 15 is 0 Å². The van der Waals surface area contributed by atoms with Crippen LogP contribution in [0.5, 0.6) is 0 Å². The third-order valence-electron chi connectivity index (χ3n) is 4.35. The van der Waals surface area contributed by atoms with Gasteiger partial charge in [-0.3, -0.25) is 23.9 Å². The Balaban J connectivity index is 2.09. The van der Waals surface area contributed by atoms with Crippen molar-refractivity contribution in [1.82, 2.24) is 14.9 Å². The smallest absolute Gasteiger partial charge is 0.328 e. The van der Waals surface area contributed by atoms with Crippen LogP contribution < -0.4 is 16.6 Å². The maximum Gasteiger partial charge on any atom is 0.328 e. The molecule has 4 atom stereocenters. The monoisotopic (exact) mass is 355 g/mol. The Morgan fingerprint density at radius 1 is 1.24 bits per heavy atom. The molecule has 1 amide bonds. The number of aliphatic hydroxyl groups excluding tert-OH is 2. The number of nitrogens with one attached hydrogen (secondary N) is 2. The van der Waals surface area contributed by atoms with E-state index in [0.29, 0.717) is 5.56 Å². The SMILES string of the molecule is Cc1cn([C@@H]2CC[C@@H](NC(=O)CCC(=O)O)[C@@H](O)[C@H]2O)c(=O)[nH]c1=O. The van der Waals surface area contributed by atoms with Crippen molar-refractivity contribution in [3.8, 4) is 0 Å². The molecule has 0 aliphatic heterocycles. The number of carbonyl (C=O) groups is 2. The van der Waals surface area contributed by atoms with Gasteiger partial charge in [-0.05, 0) is 19.8 Å².